The predicted molar refractivity (Wildman–Crippen MR) is 70.3 cm³/mol. The van der Waals surface area contributed by atoms with Crippen LogP contribution in [0.1, 0.15) is 11.3 Å². The third-order valence-corrected chi connectivity index (χ3v) is 3.99. The number of fused-ring (bicyclic) bond motifs is 3. The molecule has 0 radical (unpaired) electrons. The number of H-pyrrole nitrogens is 1. The van der Waals surface area contributed by atoms with Gasteiger partial charge >= 0.3 is 5.97 Å². The van der Waals surface area contributed by atoms with Crippen LogP contribution in [0, 0.1) is 0 Å². The summed E-state index contributed by atoms with van der Waals surface area (Å²) in [7, 11) is 0. The van der Waals surface area contributed by atoms with E-state index in [1.54, 1.807) is 12.1 Å². The summed E-state index contributed by atoms with van der Waals surface area (Å²) >= 11 is 12.0. The minimum absolute atomic E-state index is 0.447. The summed E-state index contributed by atoms with van der Waals surface area (Å²) in [5.41, 5.74) is 2.90. The fraction of sp³-hybridized carbons (Fsp3) is 0.250. The van der Waals surface area contributed by atoms with E-state index in [1.807, 2.05) is 0 Å². The number of halogens is 2. The van der Waals surface area contributed by atoms with Crippen molar-refractivity contribution >= 4 is 40.1 Å². The molecule has 18 heavy (non-hydrogen) atoms. The molecular formula is C12H10Cl2N2O2. The second kappa shape index (κ2) is 4.16. The van der Waals surface area contributed by atoms with E-state index >= 15 is 0 Å². The van der Waals surface area contributed by atoms with E-state index in [0.29, 0.717) is 23.0 Å². The van der Waals surface area contributed by atoms with Crippen molar-refractivity contribution < 1.29 is 9.90 Å². The van der Waals surface area contributed by atoms with E-state index in [-0.39, 0.29) is 0 Å². The van der Waals surface area contributed by atoms with Gasteiger partial charge in [0.1, 0.15) is 6.04 Å². The minimum Gasteiger partial charge on any atom is -0.480 e. The molecule has 2 heterocycles. The molecule has 0 aliphatic carbocycles. The summed E-state index contributed by atoms with van der Waals surface area (Å²) in [6, 6.07) is 3.01. The third-order valence-electron chi connectivity index (χ3n) is 3.27. The molecule has 0 saturated heterocycles. The van der Waals surface area contributed by atoms with E-state index in [2.05, 4.69) is 10.3 Å². The Kier molecular flexibility index (Phi) is 2.73. The molecule has 0 fully saturated rings. The maximum atomic E-state index is 11.0. The van der Waals surface area contributed by atoms with Crippen molar-refractivity contribution in [3.8, 4) is 0 Å². The highest BCUT2D eigenvalue weighted by Crippen LogP contribution is 2.33. The molecule has 0 spiro atoms. The zero-order valence-corrected chi connectivity index (χ0v) is 10.8. The van der Waals surface area contributed by atoms with Crippen LogP contribution in [0.4, 0.5) is 0 Å². The van der Waals surface area contributed by atoms with Gasteiger partial charge in [-0.25, -0.2) is 0 Å². The average Bonchev–Trinajstić information content (AvgIpc) is 2.66. The van der Waals surface area contributed by atoms with Crippen LogP contribution >= 0.6 is 23.2 Å². The summed E-state index contributed by atoms with van der Waals surface area (Å²) in [6.45, 7) is 0.510. The Balaban J connectivity index is 2.15. The Morgan fingerprint density at radius 1 is 1.33 bits per heavy atom. The lowest BCUT2D eigenvalue weighted by Crippen LogP contribution is -2.41. The number of aliphatic carboxylic acids is 1. The maximum absolute atomic E-state index is 11.0. The highest BCUT2D eigenvalue weighted by molar-refractivity contribution is 6.42. The number of rotatable bonds is 1. The van der Waals surface area contributed by atoms with Gasteiger partial charge in [0.2, 0.25) is 0 Å². The molecule has 6 heteroatoms. The summed E-state index contributed by atoms with van der Waals surface area (Å²) < 4.78 is 0. The molecule has 1 atom stereocenters. The number of hydrogen-bond donors (Lipinski definition) is 3. The topological polar surface area (TPSA) is 65.1 Å². The molecule has 1 aromatic heterocycles. The third kappa shape index (κ3) is 1.77. The quantitative estimate of drug-likeness (QED) is 0.754. The van der Waals surface area contributed by atoms with Gasteiger partial charge < -0.3 is 10.1 Å². The molecule has 0 amide bonds. The average molecular weight is 285 g/mol. The highest BCUT2D eigenvalue weighted by atomic mass is 35.5. The smallest absolute Gasteiger partial charge is 0.321 e. The van der Waals surface area contributed by atoms with Crippen molar-refractivity contribution in [1.82, 2.24) is 10.3 Å². The van der Waals surface area contributed by atoms with E-state index in [1.165, 1.54) is 0 Å². The van der Waals surface area contributed by atoms with Crippen molar-refractivity contribution in [1.29, 1.82) is 0 Å². The van der Waals surface area contributed by atoms with Crippen LogP contribution in [-0.2, 0) is 17.8 Å². The van der Waals surface area contributed by atoms with Gasteiger partial charge in [-0.1, -0.05) is 23.2 Å². The summed E-state index contributed by atoms with van der Waals surface area (Å²) in [5, 5.41) is 13.9. The molecule has 3 N–H and O–H groups in total. The summed E-state index contributed by atoms with van der Waals surface area (Å²) in [4.78, 5) is 14.3. The molecule has 3 rings (SSSR count). The first-order valence-electron chi connectivity index (χ1n) is 5.51. The fourth-order valence-electron chi connectivity index (χ4n) is 2.36. The first-order valence-corrected chi connectivity index (χ1v) is 6.26. The van der Waals surface area contributed by atoms with E-state index < -0.39 is 12.0 Å². The van der Waals surface area contributed by atoms with Gasteiger partial charge in [0, 0.05) is 29.6 Å². The zero-order valence-electron chi connectivity index (χ0n) is 9.26. The van der Waals surface area contributed by atoms with Crippen LogP contribution in [0.15, 0.2) is 12.1 Å². The Morgan fingerprint density at radius 3 is 2.78 bits per heavy atom. The molecule has 1 unspecified atom stereocenters. The number of carboxylic acids is 1. The van der Waals surface area contributed by atoms with Gasteiger partial charge in [0.15, 0.2) is 0 Å². The first kappa shape index (κ1) is 11.8. The van der Waals surface area contributed by atoms with Gasteiger partial charge in [0.25, 0.3) is 0 Å². The van der Waals surface area contributed by atoms with E-state index in [9.17, 15) is 4.79 Å². The number of carbonyl (C=O) groups is 1. The second-order valence-corrected chi connectivity index (χ2v) is 5.18. The lowest BCUT2D eigenvalue weighted by atomic mass is 9.99. The number of benzene rings is 1. The standard InChI is InChI=1S/C12H10Cl2N2O2/c13-7-1-5-6-2-10(12(17)18)15-4-11(6)16-9(5)3-8(7)14/h1,3,10,15-16H,2,4H2,(H,17,18). The molecule has 4 nitrogen and oxygen atoms in total. The molecule has 2 aromatic rings. The first-order chi connectivity index (χ1) is 8.56. The van der Waals surface area contributed by atoms with Crippen molar-refractivity contribution in [2.75, 3.05) is 0 Å². The van der Waals surface area contributed by atoms with Gasteiger partial charge in [-0.05, 0) is 17.7 Å². The number of aromatic nitrogens is 1. The SMILES string of the molecule is O=C(O)C1Cc2c([nH]c3cc(Cl)c(Cl)cc23)CN1. The number of aromatic amines is 1. The van der Waals surface area contributed by atoms with E-state index in [4.69, 9.17) is 28.3 Å². The fourth-order valence-corrected chi connectivity index (χ4v) is 2.69. The number of hydrogen-bond acceptors (Lipinski definition) is 2. The Morgan fingerprint density at radius 2 is 2.06 bits per heavy atom. The zero-order chi connectivity index (χ0) is 12.9. The van der Waals surface area contributed by atoms with Gasteiger partial charge in [-0.15, -0.1) is 0 Å². The molecule has 0 saturated carbocycles. The van der Waals surface area contributed by atoms with Gasteiger partial charge in [-0.3, -0.25) is 10.1 Å². The normalized spacial score (nSPS) is 18.9. The largest absolute Gasteiger partial charge is 0.480 e. The Bertz CT molecular complexity index is 651. The lowest BCUT2D eigenvalue weighted by molar-refractivity contribution is -0.139. The monoisotopic (exact) mass is 284 g/mol. The van der Waals surface area contributed by atoms with Crippen molar-refractivity contribution in [3.05, 3.63) is 33.4 Å². The van der Waals surface area contributed by atoms with Crippen LogP contribution in [0.3, 0.4) is 0 Å². The number of nitrogens with one attached hydrogen (secondary N) is 2. The van der Waals surface area contributed by atoms with Crippen molar-refractivity contribution in [2.24, 2.45) is 0 Å². The van der Waals surface area contributed by atoms with Gasteiger partial charge in [-0.2, -0.15) is 0 Å². The van der Waals surface area contributed by atoms with Crippen molar-refractivity contribution in [2.45, 2.75) is 19.0 Å². The predicted octanol–water partition coefficient (Wildman–Crippen LogP) is 2.57. The molecule has 94 valence electrons. The van der Waals surface area contributed by atoms with Crippen molar-refractivity contribution in [3.63, 3.8) is 0 Å². The van der Waals surface area contributed by atoms with Crippen LogP contribution in [0.25, 0.3) is 10.9 Å². The lowest BCUT2D eigenvalue weighted by Gasteiger charge is -2.20. The Labute approximate surface area is 113 Å². The van der Waals surface area contributed by atoms with Crippen LogP contribution in [0.5, 0.6) is 0 Å². The van der Waals surface area contributed by atoms with Crippen LogP contribution in [0.2, 0.25) is 10.0 Å². The molecule has 1 aromatic carbocycles. The highest BCUT2D eigenvalue weighted by Gasteiger charge is 2.26. The van der Waals surface area contributed by atoms with Crippen LogP contribution in [-0.4, -0.2) is 22.1 Å². The minimum atomic E-state index is -0.838. The molecule has 1 aliphatic heterocycles. The molecule has 0 bridgehead atoms. The maximum Gasteiger partial charge on any atom is 0.321 e. The van der Waals surface area contributed by atoms with E-state index in [0.717, 1.165) is 22.2 Å². The Hall–Kier alpha value is -1.23. The molecule has 1 aliphatic rings. The molecular weight excluding hydrogens is 275 g/mol. The summed E-state index contributed by atoms with van der Waals surface area (Å²) in [5.74, 6) is -0.838. The second-order valence-electron chi connectivity index (χ2n) is 4.37. The number of carboxylic acid groups (broad SMARTS) is 1. The van der Waals surface area contributed by atoms with Crippen LogP contribution < -0.4 is 5.32 Å². The summed E-state index contributed by atoms with van der Waals surface area (Å²) in [6.07, 6.45) is 0.447. The van der Waals surface area contributed by atoms with Gasteiger partial charge in [0.05, 0.1) is 10.0 Å².